The van der Waals surface area contributed by atoms with Crippen molar-refractivity contribution in [2.45, 2.75) is 51.1 Å². The number of urea groups is 1. The van der Waals surface area contributed by atoms with Crippen LogP contribution in [0.1, 0.15) is 43.2 Å². The Balaban J connectivity index is 1.25. The van der Waals surface area contributed by atoms with E-state index in [4.69, 9.17) is 0 Å². The summed E-state index contributed by atoms with van der Waals surface area (Å²) in [7, 11) is 0. The maximum atomic E-state index is 11.8. The van der Waals surface area contributed by atoms with Gasteiger partial charge in [0.15, 0.2) is 0 Å². The standard InChI is InChI=1S/C20H30N4O2/c25-19(23-18-7-3-4-8-18)9-11-21-20(26)22-12-14-24-13-10-16-5-1-2-6-17(16)15-24/h1-2,5-6,18H,3-4,7-15H2,(H,23,25)(H2,21,22,26). The molecule has 3 rings (SSSR count). The van der Waals surface area contributed by atoms with Gasteiger partial charge in [-0.15, -0.1) is 0 Å². The van der Waals surface area contributed by atoms with E-state index in [0.717, 1.165) is 38.9 Å². The van der Waals surface area contributed by atoms with Gasteiger partial charge in [0.05, 0.1) is 0 Å². The third-order valence-electron chi connectivity index (χ3n) is 5.28. The van der Waals surface area contributed by atoms with Gasteiger partial charge >= 0.3 is 6.03 Å². The zero-order chi connectivity index (χ0) is 18.2. The molecule has 0 spiro atoms. The Morgan fingerprint density at radius 3 is 2.58 bits per heavy atom. The van der Waals surface area contributed by atoms with Crippen LogP contribution in [-0.2, 0) is 17.8 Å². The fraction of sp³-hybridized carbons (Fsp3) is 0.600. The van der Waals surface area contributed by atoms with Gasteiger partial charge in [0.2, 0.25) is 5.91 Å². The molecule has 0 radical (unpaired) electrons. The minimum absolute atomic E-state index is 0.0317. The largest absolute Gasteiger partial charge is 0.353 e. The highest BCUT2D eigenvalue weighted by Crippen LogP contribution is 2.18. The molecular weight excluding hydrogens is 328 g/mol. The van der Waals surface area contributed by atoms with Crippen LogP contribution in [-0.4, -0.2) is 49.1 Å². The van der Waals surface area contributed by atoms with Crippen LogP contribution in [0.4, 0.5) is 4.79 Å². The highest BCUT2D eigenvalue weighted by molar-refractivity contribution is 5.78. The maximum absolute atomic E-state index is 11.8. The number of amides is 3. The smallest absolute Gasteiger partial charge is 0.314 e. The number of carbonyl (C=O) groups excluding carboxylic acids is 2. The monoisotopic (exact) mass is 358 g/mol. The second kappa shape index (κ2) is 9.57. The van der Waals surface area contributed by atoms with Crippen LogP contribution in [0.5, 0.6) is 0 Å². The van der Waals surface area contributed by atoms with Crippen LogP contribution in [0.25, 0.3) is 0 Å². The third-order valence-corrected chi connectivity index (χ3v) is 5.28. The van der Waals surface area contributed by atoms with Crippen molar-refractivity contribution in [2.24, 2.45) is 0 Å². The molecule has 0 atom stereocenters. The molecular formula is C20H30N4O2. The lowest BCUT2D eigenvalue weighted by atomic mass is 10.00. The first-order valence-electron chi connectivity index (χ1n) is 9.81. The molecule has 1 aliphatic carbocycles. The minimum atomic E-state index is -0.198. The van der Waals surface area contributed by atoms with Gasteiger partial charge in [-0.25, -0.2) is 4.79 Å². The molecule has 3 amide bonds. The molecule has 26 heavy (non-hydrogen) atoms. The topological polar surface area (TPSA) is 73.5 Å². The molecule has 1 heterocycles. The van der Waals surface area contributed by atoms with E-state index in [1.807, 2.05) is 0 Å². The van der Waals surface area contributed by atoms with E-state index in [1.165, 1.54) is 24.0 Å². The molecule has 1 aromatic carbocycles. The van der Waals surface area contributed by atoms with Gasteiger partial charge in [0.1, 0.15) is 0 Å². The average Bonchev–Trinajstić information content (AvgIpc) is 3.14. The van der Waals surface area contributed by atoms with Crippen LogP contribution >= 0.6 is 0 Å². The van der Waals surface area contributed by atoms with Gasteiger partial charge in [-0.3, -0.25) is 9.69 Å². The van der Waals surface area contributed by atoms with E-state index < -0.39 is 0 Å². The van der Waals surface area contributed by atoms with Crippen LogP contribution in [0, 0.1) is 0 Å². The van der Waals surface area contributed by atoms with E-state index in [2.05, 4.69) is 45.1 Å². The predicted molar refractivity (Wildman–Crippen MR) is 102 cm³/mol. The first-order chi connectivity index (χ1) is 12.7. The molecule has 6 nitrogen and oxygen atoms in total. The summed E-state index contributed by atoms with van der Waals surface area (Å²) in [5.41, 5.74) is 2.82. The number of nitrogens with one attached hydrogen (secondary N) is 3. The molecule has 0 aromatic heterocycles. The van der Waals surface area contributed by atoms with Crippen LogP contribution in [0.15, 0.2) is 24.3 Å². The quantitative estimate of drug-likeness (QED) is 0.696. The van der Waals surface area contributed by atoms with Crippen molar-refractivity contribution < 1.29 is 9.59 Å². The number of fused-ring (bicyclic) bond motifs is 1. The molecule has 142 valence electrons. The molecule has 0 unspecified atom stereocenters. The molecule has 1 aromatic rings. The third kappa shape index (κ3) is 5.73. The molecule has 1 aliphatic heterocycles. The molecule has 1 saturated carbocycles. The predicted octanol–water partition coefficient (Wildman–Crippen LogP) is 1.79. The zero-order valence-corrected chi connectivity index (χ0v) is 15.4. The molecule has 0 saturated heterocycles. The van der Waals surface area contributed by atoms with Crippen molar-refractivity contribution in [3.8, 4) is 0 Å². The van der Waals surface area contributed by atoms with E-state index in [0.29, 0.717) is 25.6 Å². The average molecular weight is 358 g/mol. The lowest BCUT2D eigenvalue weighted by Crippen LogP contribution is -2.42. The molecule has 6 heteroatoms. The second-order valence-corrected chi connectivity index (χ2v) is 7.28. The van der Waals surface area contributed by atoms with Crippen molar-refractivity contribution in [2.75, 3.05) is 26.2 Å². The number of benzene rings is 1. The van der Waals surface area contributed by atoms with Crippen molar-refractivity contribution in [1.82, 2.24) is 20.9 Å². The number of carbonyl (C=O) groups is 2. The fourth-order valence-corrected chi connectivity index (χ4v) is 3.79. The van der Waals surface area contributed by atoms with Crippen molar-refractivity contribution in [1.29, 1.82) is 0 Å². The number of hydrogen-bond donors (Lipinski definition) is 3. The highest BCUT2D eigenvalue weighted by Gasteiger charge is 2.17. The first-order valence-corrected chi connectivity index (χ1v) is 9.81. The number of hydrogen-bond acceptors (Lipinski definition) is 3. The summed E-state index contributed by atoms with van der Waals surface area (Å²) in [6.07, 6.45) is 5.98. The van der Waals surface area contributed by atoms with Gasteiger partial charge in [-0.05, 0) is 30.4 Å². The van der Waals surface area contributed by atoms with Gasteiger partial charge in [-0.1, -0.05) is 37.1 Å². The summed E-state index contributed by atoms with van der Waals surface area (Å²) >= 11 is 0. The Morgan fingerprint density at radius 2 is 1.77 bits per heavy atom. The van der Waals surface area contributed by atoms with Crippen molar-refractivity contribution in [3.63, 3.8) is 0 Å². The Kier molecular flexibility index (Phi) is 6.89. The summed E-state index contributed by atoms with van der Waals surface area (Å²) in [5.74, 6) is 0.0317. The van der Waals surface area contributed by atoms with E-state index in [-0.39, 0.29) is 11.9 Å². The van der Waals surface area contributed by atoms with E-state index in [1.54, 1.807) is 0 Å². The second-order valence-electron chi connectivity index (χ2n) is 7.28. The number of nitrogens with zero attached hydrogens (tertiary/aromatic N) is 1. The van der Waals surface area contributed by atoms with Gasteiger partial charge in [0, 0.05) is 45.2 Å². The Bertz CT molecular complexity index is 614. The van der Waals surface area contributed by atoms with E-state index in [9.17, 15) is 9.59 Å². The minimum Gasteiger partial charge on any atom is -0.353 e. The zero-order valence-electron chi connectivity index (χ0n) is 15.4. The van der Waals surface area contributed by atoms with E-state index >= 15 is 0 Å². The van der Waals surface area contributed by atoms with Crippen LogP contribution in [0.3, 0.4) is 0 Å². The number of rotatable bonds is 7. The summed E-state index contributed by atoms with van der Waals surface area (Å²) in [4.78, 5) is 26.0. The maximum Gasteiger partial charge on any atom is 0.314 e. The van der Waals surface area contributed by atoms with Gasteiger partial charge in [-0.2, -0.15) is 0 Å². The Morgan fingerprint density at radius 1 is 1.04 bits per heavy atom. The Hall–Kier alpha value is -2.08. The van der Waals surface area contributed by atoms with Gasteiger partial charge in [0.25, 0.3) is 0 Å². The molecule has 2 aliphatic rings. The normalized spacial score (nSPS) is 17.5. The first kappa shape index (κ1) is 18.7. The summed E-state index contributed by atoms with van der Waals surface area (Å²) in [6, 6.07) is 8.69. The molecule has 0 bridgehead atoms. The lowest BCUT2D eigenvalue weighted by molar-refractivity contribution is -0.121. The van der Waals surface area contributed by atoms with Crippen LogP contribution in [0.2, 0.25) is 0 Å². The molecule has 1 fully saturated rings. The van der Waals surface area contributed by atoms with Crippen LogP contribution < -0.4 is 16.0 Å². The summed E-state index contributed by atoms with van der Waals surface area (Å²) < 4.78 is 0. The lowest BCUT2D eigenvalue weighted by Gasteiger charge is -2.28. The van der Waals surface area contributed by atoms with Crippen molar-refractivity contribution in [3.05, 3.63) is 35.4 Å². The summed E-state index contributed by atoms with van der Waals surface area (Å²) in [5, 5.41) is 8.67. The Labute approximate surface area is 155 Å². The SMILES string of the molecule is O=C(CCNC(=O)NCCN1CCc2ccccc2C1)NC1CCCC1. The fourth-order valence-electron chi connectivity index (χ4n) is 3.79. The summed E-state index contributed by atoms with van der Waals surface area (Å²) in [6.45, 7) is 3.80. The van der Waals surface area contributed by atoms with Gasteiger partial charge < -0.3 is 16.0 Å². The van der Waals surface area contributed by atoms with Crippen molar-refractivity contribution >= 4 is 11.9 Å². The highest BCUT2D eigenvalue weighted by atomic mass is 16.2. The molecule has 3 N–H and O–H groups in total.